The van der Waals surface area contributed by atoms with Gasteiger partial charge in [0.05, 0.1) is 11.5 Å². The third-order valence-corrected chi connectivity index (χ3v) is 8.13. The number of nitrogens with one attached hydrogen (secondary N) is 1. The lowest BCUT2D eigenvalue weighted by molar-refractivity contribution is 0.0698. The summed E-state index contributed by atoms with van der Waals surface area (Å²) in [7, 11) is -3.61. The molecule has 1 amide bonds. The molecule has 174 valence electrons. The maximum atomic E-state index is 13.0. The lowest BCUT2D eigenvalue weighted by atomic mass is 10.1. The van der Waals surface area contributed by atoms with Gasteiger partial charge in [-0.15, -0.1) is 0 Å². The van der Waals surface area contributed by atoms with Crippen LogP contribution in [0.1, 0.15) is 22.8 Å². The van der Waals surface area contributed by atoms with Crippen LogP contribution >= 0.6 is 11.8 Å². The van der Waals surface area contributed by atoms with Crippen LogP contribution in [0.3, 0.4) is 0 Å². The minimum Gasteiger partial charge on any atom is -0.494 e. The number of benzene rings is 2. The SMILES string of the molecule is CCOc1ccc(S(=O)(=O)N2CCN(C(=O)c3ccc(CSc4ncn[nH]4)cc3)CC2)cc1. The van der Waals surface area contributed by atoms with Crippen molar-refractivity contribution in [3.63, 3.8) is 0 Å². The number of sulfonamides is 1. The summed E-state index contributed by atoms with van der Waals surface area (Å²) >= 11 is 1.53. The van der Waals surface area contributed by atoms with Crippen molar-refractivity contribution in [3.8, 4) is 5.75 Å². The van der Waals surface area contributed by atoms with Gasteiger partial charge in [-0.2, -0.15) is 9.40 Å². The molecule has 1 aliphatic rings. The number of aromatic amines is 1. The first kappa shape index (κ1) is 23.3. The van der Waals surface area contributed by atoms with Gasteiger partial charge in [0.15, 0.2) is 5.16 Å². The predicted molar refractivity (Wildman–Crippen MR) is 125 cm³/mol. The summed E-state index contributed by atoms with van der Waals surface area (Å²) in [4.78, 5) is 18.9. The van der Waals surface area contributed by atoms with Crippen LogP contribution in [0.5, 0.6) is 5.75 Å². The molecule has 0 spiro atoms. The van der Waals surface area contributed by atoms with E-state index in [0.29, 0.717) is 36.8 Å². The Hall–Kier alpha value is -2.89. The number of aromatic nitrogens is 3. The van der Waals surface area contributed by atoms with E-state index in [1.165, 1.54) is 22.4 Å². The van der Waals surface area contributed by atoms with E-state index >= 15 is 0 Å². The monoisotopic (exact) mass is 487 g/mol. The maximum Gasteiger partial charge on any atom is 0.253 e. The molecule has 2 heterocycles. The molecule has 0 saturated carbocycles. The minimum atomic E-state index is -3.61. The number of piperazine rings is 1. The molecule has 0 aliphatic carbocycles. The quantitative estimate of drug-likeness (QED) is 0.487. The van der Waals surface area contributed by atoms with E-state index in [0.717, 1.165) is 10.7 Å². The molecule has 0 bridgehead atoms. The number of H-pyrrole nitrogens is 1. The molecule has 0 unspecified atom stereocenters. The summed E-state index contributed by atoms with van der Waals surface area (Å²) in [6.07, 6.45) is 1.47. The zero-order valence-corrected chi connectivity index (χ0v) is 19.8. The molecule has 9 nitrogen and oxygen atoms in total. The fourth-order valence-corrected chi connectivity index (χ4v) is 5.65. The Morgan fingerprint density at radius 3 is 2.36 bits per heavy atom. The first-order chi connectivity index (χ1) is 16.0. The van der Waals surface area contributed by atoms with Crippen LogP contribution in [0.15, 0.2) is 64.9 Å². The molecule has 3 aromatic rings. The van der Waals surface area contributed by atoms with Gasteiger partial charge >= 0.3 is 0 Å². The summed E-state index contributed by atoms with van der Waals surface area (Å²) < 4.78 is 32.7. The highest BCUT2D eigenvalue weighted by Crippen LogP contribution is 2.22. The van der Waals surface area contributed by atoms with E-state index in [4.69, 9.17) is 4.74 Å². The lowest BCUT2D eigenvalue weighted by Gasteiger charge is -2.34. The van der Waals surface area contributed by atoms with Crippen molar-refractivity contribution in [1.82, 2.24) is 24.4 Å². The Morgan fingerprint density at radius 1 is 1.06 bits per heavy atom. The fraction of sp³-hybridized carbons (Fsp3) is 0.318. The lowest BCUT2D eigenvalue weighted by Crippen LogP contribution is -2.50. The van der Waals surface area contributed by atoms with Crippen LogP contribution in [-0.2, 0) is 15.8 Å². The zero-order chi connectivity index (χ0) is 23.3. The number of ether oxygens (including phenoxy) is 1. The summed E-state index contributed by atoms with van der Waals surface area (Å²) in [5.41, 5.74) is 1.66. The van der Waals surface area contributed by atoms with Crippen molar-refractivity contribution in [2.75, 3.05) is 32.8 Å². The number of hydrogen-bond acceptors (Lipinski definition) is 7. The average Bonchev–Trinajstić information content (AvgIpc) is 3.37. The van der Waals surface area contributed by atoms with Crippen molar-refractivity contribution in [2.24, 2.45) is 0 Å². The first-order valence-corrected chi connectivity index (χ1v) is 13.0. The molecule has 1 aromatic heterocycles. The molecular formula is C22H25N5O4S2. The standard InChI is InChI=1S/C22H25N5O4S2/c1-2-31-19-7-9-20(10-8-19)33(29,30)27-13-11-26(12-14-27)21(28)18-5-3-17(4-6-18)15-32-22-23-16-24-25-22/h3-10,16H,2,11-15H2,1H3,(H,23,24,25). The van der Waals surface area contributed by atoms with Crippen LogP contribution in [0.25, 0.3) is 0 Å². The van der Waals surface area contributed by atoms with Crippen molar-refractivity contribution in [3.05, 3.63) is 66.0 Å². The predicted octanol–water partition coefficient (Wildman–Crippen LogP) is 2.64. The smallest absolute Gasteiger partial charge is 0.253 e. The Balaban J connectivity index is 1.32. The highest BCUT2D eigenvalue weighted by molar-refractivity contribution is 7.98. The molecule has 1 aliphatic heterocycles. The van der Waals surface area contributed by atoms with Gasteiger partial charge in [0.1, 0.15) is 12.1 Å². The molecule has 2 aromatic carbocycles. The molecule has 1 fully saturated rings. The number of rotatable bonds is 8. The Labute approximate surface area is 197 Å². The molecule has 1 saturated heterocycles. The summed E-state index contributed by atoms with van der Waals surface area (Å²) in [6, 6.07) is 13.9. The van der Waals surface area contributed by atoms with Gasteiger partial charge in [-0.3, -0.25) is 9.89 Å². The summed E-state index contributed by atoms with van der Waals surface area (Å²) in [5.74, 6) is 1.25. The van der Waals surface area contributed by atoms with Crippen LogP contribution in [0.4, 0.5) is 0 Å². The van der Waals surface area contributed by atoms with Gasteiger partial charge in [0.2, 0.25) is 10.0 Å². The van der Waals surface area contributed by atoms with Gasteiger partial charge in [-0.05, 0) is 48.9 Å². The highest BCUT2D eigenvalue weighted by Gasteiger charge is 2.30. The fourth-order valence-electron chi connectivity index (χ4n) is 3.50. The largest absolute Gasteiger partial charge is 0.494 e. The first-order valence-electron chi connectivity index (χ1n) is 10.6. The highest BCUT2D eigenvalue weighted by atomic mass is 32.2. The third kappa shape index (κ3) is 5.55. The number of carbonyl (C=O) groups is 1. The molecule has 11 heteroatoms. The van der Waals surface area contributed by atoms with Crippen molar-refractivity contribution in [1.29, 1.82) is 0 Å². The molecule has 0 radical (unpaired) electrons. The van der Waals surface area contributed by atoms with Gasteiger partial charge in [-0.1, -0.05) is 23.9 Å². The Bertz CT molecular complexity index is 1160. The van der Waals surface area contributed by atoms with E-state index in [-0.39, 0.29) is 23.9 Å². The normalized spacial score (nSPS) is 14.9. The zero-order valence-electron chi connectivity index (χ0n) is 18.2. The number of amides is 1. The number of carbonyl (C=O) groups excluding carboxylic acids is 1. The number of nitrogens with zero attached hydrogens (tertiary/aromatic N) is 4. The Kier molecular flexibility index (Phi) is 7.31. The molecule has 33 heavy (non-hydrogen) atoms. The number of hydrogen-bond donors (Lipinski definition) is 1. The maximum absolute atomic E-state index is 13.0. The summed E-state index contributed by atoms with van der Waals surface area (Å²) in [5, 5.41) is 7.36. The second-order valence-electron chi connectivity index (χ2n) is 7.38. The van der Waals surface area contributed by atoms with E-state index in [9.17, 15) is 13.2 Å². The van der Waals surface area contributed by atoms with E-state index < -0.39 is 10.0 Å². The van der Waals surface area contributed by atoms with Crippen LogP contribution < -0.4 is 4.74 Å². The van der Waals surface area contributed by atoms with E-state index in [2.05, 4.69) is 15.2 Å². The molecule has 0 atom stereocenters. The minimum absolute atomic E-state index is 0.0949. The summed E-state index contributed by atoms with van der Waals surface area (Å²) in [6.45, 7) is 3.60. The topological polar surface area (TPSA) is 108 Å². The van der Waals surface area contributed by atoms with Crippen molar-refractivity contribution < 1.29 is 17.9 Å². The van der Waals surface area contributed by atoms with Gasteiger partial charge in [0.25, 0.3) is 5.91 Å². The van der Waals surface area contributed by atoms with Crippen LogP contribution in [-0.4, -0.2) is 71.5 Å². The van der Waals surface area contributed by atoms with Crippen LogP contribution in [0, 0.1) is 0 Å². The second-order valence-corrected chi connectivity index (χ2v) is 10.3. The van der Waals surface area contributed by atoms with E-state index in [1.807, 2.05) is 31.2 Å². The second kappa shape index (κ2) is 10.4. The van der Waals surface area contributed by atoms with Gasteiger partial charge in [-0.25, -0.2) is 13.4 Å². The van der Waals surface area contributed by atoms with Gasteiger partial charge < -0.3 is 9.64 Å². The van der Waals surface area contributed by atoms with E-state index in [1.54, 1.807) is 29.2 Å². The molecular weight excluding hydrogens is 462 g/mol. The average molecular weight is 488 g/mol. The molecule has 4 rings (SSSR count). The number of thioether (sulfide) groups is 1. The molecule has 1 N–H and O–H groups in total. The van der Waals surface area contributed by atoms with Gasteiger partial charge in [0, 0.05) is 37.5 Å². The van der Waals surface area contributed by atoms with Crippen molar-refractivity contribution >= 4 is 27.7 Å². The Morgan fingerprint density at radius 2 is 1.76 bits per heavy atom. The third-order valence-electron chi connectivity index (χ3n) is 5.27. The van der Waals surface area contributed by atoms with Crippen molar-refractivity contribution in [2.45, 2.75) is 22.7 Å². The van der Waals surface area contributed by atoms with Crippen LogP contribution in [0.2, 0.25) is 0 Å².